The van der Waals surface area contributed by atoms with Crippen LogP contribution in [0.1, 0.15) is 24.8 Å². The van der Waals surface area contributed by atoms with Gasteiger partial charge in [-0.25, -0.2) is 8.42 Å². The lowest BCUT2D eigenvalue weighted by Gasteiger charge is -2.16. The fourth-order valence-electron chi connectivity index (χ4n) is 2.16. The number of carbonyl (C=O) groups is 1. The molecule has 2 rings (SSSR count). The number of nitrogens with one attached hydrogen (secondary N) is 2. The second kappa shape index (κ2) is 5.71. The minimum Gasteiger partial charge on any atom is -0.355 e. The molecule has 0 unspecified atom stereocenters. The van der Waals surface area contributed by atoms with Crippen LogP contribution in [0.25, 0.3) is 0 Å². The minimum absolute atomic E-state index is 0.229. The lowest BCUT2D eigenvalue weighted by molar-refractivity contribution is -0.122. The van der Waals surface area contributed by atoms with E-state index < -0.39 is 16.1 Å². The molecule has 5 nitrogen and oxygen atoms in total. The molecule has 19 heavy (non-hydrogen) atoms. The minimum atomic E-state index is -3.65. The number of carbonyl (C=O) groups excluding carboxylic acids is 1. The van der Waals surface area contributed by atoms with Crippen LogP contribution in [0.2, 0.25) is 0 Å². The molecule has 0 aromatic heterocycles. The summed E-state index contributed by atoms with van der Waals surface area (Å²) < 4.78 is 27.1. The molecule has 1 aromatic carbocycles. The number of hydrogen-bond acceptors (Lipinski definition) is 3. The summed E-state index contributed by atoms with van der Waals surface area (Å²) in [5.74, 6) is -0.241. The van der Waals surface area contributed by atoms with E-state index in [0.29, 0.717) is 18.5 Å². The number of aryl methyl sites for hydroxylation is 1. The van der Waals surface area contributed by atoms with Crippen molar-refractivity contribution in [1.82, 2.24) is 10.0 Å². The zero-order valence-corrected chi connectivity index (χ0v) is 11.7. The molecule has 1 aliphatic rings. The topological polar surface area (TPSA) is 75.3 Å². The average molecular weight is 282 g/mol. The van der Waals surface area contributed by atoms with E-state index in [1.54, 1.807) is 31.2 Å². The van der Waals surface area contributed by atoms with Gasteiger partial charge >= 0.3 is 0 Å². The Bertz CT molecular complexity index is 569. The van der Waals surface area contributed by atoms with Crippen molar-refractivity contribution < 1.29 is 13.2 Å². The van der Waals surface area contributed by atoms with Crippen LogP contribution < -0.4 is 10.0 Å². The maximum absolute atomic E-state index is 12.3. The first-order valence-electron chi connectivity index (χ1n) is 6.36. The van der Waals surface area contributed by atoms with Crippen molar-refractivity contribution in [3.8, 4) is 0 Å². The first-order chi connectivity index (χ1) is 9.00. The standard InChI is InChI=1S/C13H18N2O3S/c1-10-6-2-3-8-12(10)19(17,18)15-11-7-4-5-9-14-13(11)16/h2-3,6,8,11,15H,4-5,7,9H2,1H3,(H,14,16)/t11-/m1/s1. The summed E-state index contributed by atoms with van der Waals surface area (Å²) in [5, 5.41) is 2.72. The Kier molecular flexibility index (Phi) is 4.21. The predicted molar refractivity (Wildman–Crippen MR) is 72.1 cm³/mol. The van der Waals surface area contributed by atoms with Gasteiger partial charge in [-0.2, -0.15) is 4.72 Å². The fraction of sp³-hybridized carbons (Fsp3) is 0.462. The first-order valence-corrected chi connectivity index (χ1v) is 7.85. The van der Waals surface area contributed by atoms with Gasteiger partial charge in [0.25, 0.3) is 0 Å². The van der Waals surface area contributed by atoms with Gasteiger partial charge < -0.3 is 5.32 Å². The summed E-state index contributed by atoms with van der Waals surface area (Å²) in [4.78, 5) is 12.0. The molecule has 1 heterocycles. The molecular weight excluding hydrogens is 264 g/mol. The van der Waals surface area contributed by atoms with Gasteiger partial charge in [0.2, 0.25) is 15.9 Å². The molecule has 0 saturated carbocycles. The fourth-order valence-corrected chi connectivity index (χ4v) is 3.64. The molecule has 0 spiro atoms. The number of benzene rings is 1. The maximum atomic E-state index is 12.3. The number of amides is 1. The molecule has 0 bridgehead atoms. The summed E-state index contributed by atoms with van der Waals surface area (Å²) >= 11 is 0. The van der Waals surface area contributed by atoms with Crippen molar-refractivity contribution in [2.75, 3.05) is 6.54 Å². The van der Waals surface area contributed by atoms with Gasteiger partial charge in [0, 0.05) is 6.54 Å². The van der Waals surface area contributed by atoms with Crippen LogP contribution in [0, 0.1) is 6.92 Å². The Morgan fingerprint density at radius 1 is 1.26 bits per heavy atom. The Hall–Kier alpha value is -1.40. The maximum Gasteiger partial charge on any atom is 0.241 e. The summed E-state index contributed by atoms with van der Waals surface area (Å²) in [5.41, 5.74) is 0.670. The van der Waals surface area contributed by atoms with Crippen molar-refractivity contribution in [2.45, 2.75) is 37.1 Å². The molecule has 2 N–H and O–H groups in total. The number of rotatable bonds is 3. The highest BCUT2D eigenvalue weighted by Gasteiger charge is 2.27. The number of hydrogen-bond donors (Lipinski definition) is 2. The lowest BCUT2D eigenvalue weighted by Crippen LogP contribution is -2.45. The van der Waals surface area contributed by atoms with Crippen molar-refractivity contribution in [3.05, 3.63) is 29.8 Å². The highest BCUT2D eigenvalue weighted by atomic mass is 32.2. The molecule has 104 valence electrons. The van der Waals surface area contributed by atoms with E-state index in [1.807, 2.05) is 0 Å². The zero-order chi connectivity index (χ0) is 13.9. The van der Waals surface area contributed by atoms with Crippen LogP contribution in [-0.4, -0.2) is 26.9 Å². The quantitative estimate of drug-likeness (QED) is 0.866. The van der Waals surface area contributed by atoms with E-state index in [0.717, 1.165) is 12.8 Å². The van der Waals surface area contributed by atoms with Gasteiger partial charge in [-0.15, -0.1) is 0 Å². The third-order valence-electron chi connectivity index (χ3n) is 3.22. The summed E-state index contributed by atoms with van der Waals surface area (Å²) in [6.07, 6.45) is 2.25. The molecule has 0 radical (unpaired) electrons. The zero-order valence-electron chi connectivity index (χ0n) is 10.8. The predicted octanol–water partition coefficient (Wildman–Crippen LogP) is 0.942. The summed E-state index contributed by atoms with van der Waals surface area (Å²) in [6, 6.07) is 6.07. The van der Waals surface area contributed by atoms with Gasteiger partial charge in [-0.05, 0) is 37.8 Å². The SMILES string of the molecule is Cc1ccccc1S(=O)(=O)N[C@@H]1CCCCNC1=O. The largest absolute Gasteiger partial charge is 0.355 e. The number of sulfonamides is 1. The third-order valence-corrected chi connectivity index (χ3v) is 4.85. The molecule has 1 fully saturated rings. The van der Waals surface area contributed by atoms with Crippen LogP contribution in [-0.2, 0) is 14.8 Å². The molecule has 1 aromatic rings. The van der Waals surface area contributed by atoms with Crippen LogP contribution in [0.3, 0.4) is 0 Å². The van der Waals surface area contributed by atoms with E-state index >= 15 is 0 Å². The summed E-state index contributed by atoms with van der Waals surface area (Å²) in [7, 11) is -3.65. The molecule has 6 heteroatoms. The van der Waals surface area contributed by atoms with Gasteiger partial charge in [0.1, 0.15) is 6.04 Å². The van der Waals surface area contributed by atoms with Gasteiger partial charge in [-0.3, -0.25) is 4.79 Å². The molecule has 1 aliphatic heterocycles. The van der Waals surface area contributed by atoms with Gasteiger partial charge in [0.15, 0.2) is 0 Å². The summed E-state index contributed by atoms with van der Waals surface area (Å²) in [6.45, 7) is 2.35. The van der Waals surface area contributed by atoms with Gasteiger partial charge in [0.05, 0.1) is 4.90 Å². The van der Waals surface area contributed by atoms with E-state index in [9.17, 15) is 13.2 Å². The van der Waals surface area contributed by atoms with Crippen LogP contribution in [0.15, 0.2) is 29.2 Å². The Morgan fingerprint density at radius 2 is 2.00 bits per heavy atom. The van der Waals surface area contributed by atoms with E-state index in [1.165, 1.54) is 0 Å². The first kappa shape index (κ1) is 14.0. The normalized spacial score (nSPS) is 20.7. The van der Waals surface area contributed by atoms with Crippen LogP contribution in [0.4, 0.5) is 0 Å². The van der Waals surface area contributed by atoms with Crippen LogP contribution in [0.5, 0.6) is 0 Å². The van der Waals surface area contributed by atoms with Crippen molar-refractivity contribution in [3.63, 3.8) is 0 Å². The lowest BCUT2D eigenvalue weighted by atomic mass is 10.1. The Labute approximate surface area is 113 Å². The van der Waals surface area contributed by atoms with E-state index in [4.69, 9.17) is 0 Å². The Balaban J connectivity index is 2.21. The third kappa shape index (κ3) is 3.33. The van der Waals surface area contributed by atoms with Gasteiger partial charge in [-0.1, -0.05) is 18.2 Å². The van der Waals surface area contributed by atoms with Crippen molar-refractivity contribution >= 4 is 15.9 Å². The molecule has 0 aliphatic carbocycles. The highest BCUT2D eigenvalue weighted by Crippen LogP contribution is 2.16. The van der Waals surface area contributed by atoms with E-state index in [2.05, 4.69) is 10.0 Å². The highest BCUT2D eigenvalue weighted by molar-refractivity contribution is 7.89. The molecule has 1 saturated heterocycles. The second-order valence-corrected chi connectivity index (χ2v) is 6.41. The Morgan fingerprint density at radius 3 is 2.74 bits per heavy atom. The molecule has 1 amide bonds. The van der Waals surface area contributed by atoms with Crippen molar-refractivity contribution in [2.24, 2.45) is 0 Å². The smallest absolute Gasteiger partial charge is 0.241 e. The molecular formula is C13H18N2O3S. The van der Waals surface area contributed by atoms with Crippen LogP contribution >= 0.6 is 0 Å². The van der Waals surface area contributed by atoms with E-state index in [-0.39, 0.29) is 10.8 Å². The molecule has 1 atom stereocenters. The monoisotopic (exact) mass is 282 g/mol. The average Bonchev–Trinajstić information content (AvgIpc) is 2.55. The van der Waals surface area contributed by atoms with Crippen molar-refractivity contribution in [1.29, 1.82) is 0 Å². The second-order valence-electron chi connectivity index (χ2n) is 4.73.